The van der Waals surface area contributed by atoms with Gasteiger partial charge >= 0.3 is 6.68 Å². The summed E-state index contributed by atoms with van der Waals surface area (Å²) in [4.78, 5) is 3.78. The summed E-state index contributed by atoms with van der Waals surface area (Å²) < 4.78 is 31.1. The fourth-order valence-corrected chi connectivity index (χ4v) is 0.894. The summed E-state index contributed by atoms with van der Waals surface area (Å²) in [6, 6.07) is 9.78. The van der Waals surface area contributed by atoms with Crippen LogP contribution < -0.4 is 0 Å². The minimum absolute atomic E-state index is 1.08. The molecule has 0 spiro atoms. The van der Waals surface area contributed by atoms with Crippen LogP contribution in [0.25, 0.3) is 0 Å². The zero-order valence-corrected chi connectivity index (χ0v) is 9.51. The van der Waals surface area contributed by atoms with E-state index in [0.29, 0.717) is 0 Å². The van der Waals surface area contributed by atoms with Crippen LogP contribution >= 0.6 is 0 Å². The standard InChI is InChI=1S/C6H9N.C5H5N.CHF3/c1-2-7-5-3-4-6-7;1-2-4-6-5-3-1;2-1(3)4/h3-6H,2H2,1H3;1-5H;1H. The molecule has 0 aliphatic carbocycles. The summed E-state index contributed by atoms with van der Waals surface area (Å²) in [5.74, 6) is 0. The number of hydrogen-bond donors (Lipinski definition) is 0. The highest BCUT2D eigenvalue weighted by Gasteiger charge is 1.86. The summed E-state index contributed by atoms with van der Waals surface area (Å²) in [6.07, 6.45) is 7.61. The Bertz CT molecular complexity index is 306. The first-order chi connectivity index (χ1) is 8.16. The van der Waals surface area contributed by atoms with Gasteiger partial charge in [-0.3, -0.25) is 4.98 Å². The Labute approximate surface area is 98.7 Å². The van der Waals surface area contributed by atoms with Crippen molar-refractivity contribution in [1.29, 1.82) is 0 Å². The second-order valence-electron chi connectivity index (χ2n) is 2.79. The molecule has 17 heavy (non-hydrogen) atoms. The van der Waals surface area contributed by atoms with Crippen LogP contribution in [0.5, 0.6) is 0 Å². The van der Waals surface area contributed by atoms with E-state index < -0.39 is 6.68 Å². The normalized spacial score (nSPS) is 8.76. The van der Waals surface area contributed by atoms with Crippen molar-refractivity contribution in [2.24, 2.45) is 0 Å². The molecule has 2 heterocycles. The summed E-state index contributed by atoms with van der Waals surface area (Å²) >= 11 is 0. The van der Waals surface area contributed by atoms with E-state index in [2.05, 4.69) is 28.9 Å². The average molecular weight is 244 g/mol. The lowest BCUT2D eigenvalue weighted by Gasteiger charge is -1.89. The largest absolute Gasteiger partial charge is 0.379 e. The molecule has 0 atom stereocenters. The molecule has 0 bridgehead atoms. The highest BCUT2D eigenvalue weighted by atomic mass is 19.4. The van der Waals surface area contributed by atoms with Crippen molar-refractivity contribution in [1.82, 2.24) is 9.55 Å². The van der Waals surface area contributed by atoms with E-state index in [1.165, 1.54) is 0 Å². The van der Waals surface area contributed by atoms with Crippen LogP contribution in [-0.4, -0.2) is 16.2 Å². The maximum atomic E-state index is 9.67. The first-order valence-electron chi connectivity index (χ1n) is 5.04. The minimum Gasteiger partial charge on any atom is -0.355 e. The van der Waals surface area contributed by atoms with Gasteiger partial charge in [-0.05, 0) is 31.2 Å². The van der Waals surface area contributed by atoms with Gasteiger partial charge in [-0.25, -0.2) is 0 Å². The first kappa shape index (κ1) is 15.2. The van der Waals surface area contributed by atoms with Gasteiger partial charge < -0.3 is 4.57 Å². The van der Waals surface area contributed by atoms with Crippen molar-refractivity contribution in [3.63, 3.8) is 0 Å². The molecule has 0 fully saturated rings. The van der Waals surface area contributed by atoms with E-state index in [1.54, 1.807) is 12.4 Å². The molecule has 2 nitrogen and oxygen atoms in total. The van der Waals surface area contributed by atoms with Crippen molar-refractivity contribution < 1.29 is 13.2 Å². The third-order valence-corrected chi connectivity index (χ3v) is 1.60. The SMILES string of the molecule is CCn1cccc1.FC(F)F.c1ccncc1. The Hall–Kier alpha value is -1.78. The zero-order valence-electron chi connectivity index (χ0n) is 9.51. The van der Waals surface area contributed by atoms with E-state index >= 15 is 0 Å². The second-order valence-corrected chi connectivity index (χ2v) is 2.79. The van der Waals surface area contributed by atoms with Crippen LogP contribution in [-0.2, 0) is 6.54 Å². The van der Waals surface area contributed by atoms with Crippen LogP contribution in [0.3, 0.4) is 0 Å². The van der Waals surface area contributed by atoms with Crippen LogP contribution in [0.4, 0.5) is 13.2 Å². The van der Waals surface area contributed by atoms with Gasteiger partial charge in [-0.15, -0.1) is 0 Å². The van der Waals surface area contributed by atoms with E-state index in [9.17, 15) is 13.2 Å². The van der Waals surface area contributed by atoms with E-state index in [-0.39, 0.29) is 0 Å². The van der Waals surface area contributed by atoms with E-state index in [0.717, 1.165) is 6.54 Å². The van der Waals surface area contributed by atoms with Crippen LogP contribution in [0.1, 0.15) is 6.92 Å². The molecule has 2 rings (SSSR count). The van der Waals surface area contributed by atoms with Crippen LogP contribution in [0.2, 0.25) is 0 Å². The number of rotatable bonds is 1. The van der Waals surface area contributed by atoms with Crippen molar-refractivity contribution in [2.45, 2.75) is 20.1 Å². The molecule has 94 valence electrons. The molecule has 0 saturated carbocycles. The van der Waals surface area contributed by atoms with Crippen molar-refractivity contribution in [3.05, 3.63) is 55.1 Å². The van der Waals surface area contributed by atoms with Crippen molar-refractivity contribution >= 4 is 0 Å². The molecule has 0 radical (unpaired) electrons. The van der Waals surface area contributed by atoms with Crippen LogP contribution in [0.15, 0.2) is 55.1 Å². The third-order valence-electron chi connectivity index (χ3n) is 1.60. The number of hydrogen-bond acceptors (Lipinski definition) is 1. The minimum atomic E-state index is -3.67. The number of nitrogens with zero attached hydrogens (tertiary/aromatic N) is 2. The molecule has 0 saturated heterocycles. The van der Waals surface area contributed by atoms with Crippen molar-refractivity contribution in [3.8, 4) is 0 Å². The van der Waals surface area contributed by atoms with Gasteiger partial charge in [0.05, 0.1) is 0 Å². The maximum Gasteiger partial charge on any atom is 0.379 e. The maximum absolute atomic E-state index is 9.67. The van der Waals surface area contributed by atoms with E-state index in [4.69, 9.17) is 0 Å². The summed E-state index contributed by atoms with van der Waals surface area (Å²) in [5, 5.41) is 0. The quantitative estimate of drug-likeness (QED) is 0.746. The Morgan fingerprint density at radius 2 is 1.41 bits per heavy atom. The van der Waals surface area contributed by atoms with Gasteiger partial charge in [-0.2, -0.15) is 13.2 Å². The molecule has 0 aliphatic rings. The topological polar surface area (TPSA) is 17.8 Å². The Morgan fingerprint density at radius 3 is 1.59 bits per heavy atom. The Kier molecular flexibility index (Phi) is 9.61. The van der Waals surface area contributed by atoms with Gasteiger partial charge in [-0.1, -0.05) is 6.07 Å². The molecule has 5 heteroatoms. The number of aromatic nitrogens is 2. The molecular weight excluding hydrogens is 229 g/mol. The van der Waals surface area contributed by atoms with Gasteiger partial charge in [0, 0.05) is 31.3 Å². The Balaban J connectivity index is 0.000000236. The molecule has 0 amide bonds. The predicted molar refractivity (Wildman–Crippen MR) is 61.5 cm³/mol. The number of pyridine rings is 1. The van der Waals surface area contributed by atoms with Crippen LogP contribution in [0, 0.1) is 0 Å². The Morgan fingerprint density at radius 1 is 0.941 bits per heavy atom. The van der Waals surface area contributed by atoms with Gasteiger partial charge in [0.2, 0.25) is 0 Å². The lowest BCUT2D eigenvalue weighted by molar-refractivity contribution is 0.00819. The zero-order chi connectivity index (χ0) is 12.9. The summed E-state index contributed by atoms with van der Waals surface area (Å²) in [7, 11) is 0. The fourth-order valence-electron chi connectivity index (χ4n) is 0.894. The third kappa shape index (κ3) is 12.2. The van der Waals surface area contributed by atoms with Crippen molar-refractivity contribution in [2.75, 3.05) is 0 Å². The number of alkyl halides is 3. The smallest absolute Gasteiger partial charge is 0.355 e. The molecule has 0 aromatic carbocycles. The predicted octanol–water partition coefficient (Wildman–Crippen LogP) is 3.77. The molecule has 2 aromatic heterocycles. The van der Waals surface area contributed by atoms with Gasteiger partial charge in [0.25, 0.3) is 0 Å². The average Bonchev–Trinajstić information content (AvgIpc) is 2.84. The molecule has 0 unspecified atom stereocenters. The fraction of sp³-hybridized carbons (Fsp3) is 0.250. The molecule has 2 aromatic rings. The number of aryl methyl sites for hydroxylation is 1. The lowest BCUT2D eigenvalue weighted by Crippen LogP contribution is -1.85. The first-order valence-corrected chi connectivity index (χ1v) is 5.04. The summed E-state index contributed by atoms with van der Waals surface area (Å²) in [5.41, 5.74) is 0. The monoisotopic (exact) mass is 244 g/mol. The lowest BCUT2D eigenvalue weighted by atomic mass is 10.5. The highest BCUT2D eigenvalue weighted by Crippen LogP contribution is 1.87. The van der Waals surface area contributed by atoms with E-state index in [1.807, 2.05) is 30.3 Å². The number of halogens is 3. The molecule has 0 aliphatic heterocycles. The van der Waals surface area contributed by atoms with Gasteiger partial charge in [0.1, 0.15) is 0 Å². The highest BCUT2D eigenvalue weighted by molar-refractivity contribution is 4.89. The second kappa shape index (κ2) is 10.7. The van der Waals surface area contributed by atoms with Gasteiger partial charge in [0.15, 0.2) is 0 Å². The molecular formula is C12H15F3N2. The molecule has 0 N–H and O–H groups in total. The summed E-state index contributed by atoms with van der Waals surface area (Å²) in [6.45, 7) is -0.465.